The van der Waals surface area contributed by atoms with Crippen molar-refractivity contribution in [1.29, 1.82) is 0 Å². The fourth-order valence-corrected chi connectivity index (χ4v) is 5.35. The summed E-state index contributed by atoms with van der Waals surface area (Å²) >= 11 is 1.60. The summed E-state index contributed by atoms with van der Waals surface area (Å²) in [6.07, 6.45) is 5.36. The number of aryl methyl sites for hydroxylation is 3. The van der Waals surface area contributed by atoms with Crippen molar-refractivity contribution in [3.8, 4) is 5.75 Å². The Labute approximate surface area is 201 Å². The number of nitrogens with zero attached hydrogens (tertiary/aromatic N) is 2. The van der Waals surface area contributed by atoms with Crippen molar-refractivity contribution >= 4 is 33.4 Å². The van der Waals surface area contributed by atoms with Crippen molar-refractivity contribution in [2.75, 3.05) is 13.7 Å². The molecule has 0 saturated carbocycles. The van der Waals surface area contributed by atoms with Gasteiger partial charge in [-0.2, -0.15) is 0 Å². The van der Waals surface area contributed by atoms with Gasteiger partial charge in [-0.15, -0.1) is 11.3 Å². The maximum atomic E-state index is 13.0. The highest BCUT2D eigenvalue weighted by molar-refractivity contribution is 7.18. The van der Waals surface area contributed by atoms with E-state index in [0.29, 0.717) is 18.4 Å². The van der Waals surface area contributed by atoms with Gasteiger partial charge in [-0.25, -0.2) is 4.98 Å². The van der Waals surface area contributed by atoms with Crippen LogP contribution in [0.3, 0.4) is 0 Å². The molecule has 1 aromatic carbocycles. The Hall–Kier alpha value is -3.20. The highest BCUT2D eigenvalue weighted by atomic mass is 32.1. The number of hydrogen-bond donors (Lipinski definition) is 1. The van der Waals surface area contributed by atoms with Crippen LogP contribution in [0, 0.1) is 0 Å². The first kappa shape index (κ1) is 23.9. The molecule has 0 fully saturated rings. The van der Waals surface area contributed by atoms with Crippen LogP contribution in [0.1, 0.15) is 42.2 Å². The first-order chi connectivity index (χ1) is 16.5. The van der Waals surface area contributed by atoms with Crippen LogP contribution in [0.4, 0.5) is 0 Å². The molecule has 3 aromatic rings. The third-order valence-corrected chi connectivity index (χ3v) is 7.25. The summed E-state index contributed by atoms with van der Waals surface area (Å²) in [5, 5.41) is 3.48. The van der Waals surface area contributed by atoms with E-state index in [0.717, 1.165) is 47.4 Å². The number of methoxy groups -OCH3 is 1. The molecule has 0 aliphatic heterocycles. The number of nitrogens with one attached hydrogen (secondary N) is 1. The molecule has 8 nitrogen and oxygen atoms in total. The molecule has 0 spiro atoms. The number of thiophene rings is 1. The maximum Gasteiger partial charge on any atom is 0.308 e. The normalized spacial score (nSPS) is 13.8. The minimum atomic E-state index is -0.912. The van der Waals surface area contributed by atoms with Crippen molar-refractivity contribution in [3.63, 3.8) is 0 Å². The SMILES string of the molecule is COc1ccc(CCNC(=O)C(C)OC(=O)CCn2cnc3sc4c(c3c2=O)CCCC4)cc1. The van der Waals surface area contributed by atoms with E-state index in [9.17, 15) is 14.4 Å². The van der Waals surface area contributed by atoms with Gasteiger partial charge in [-0.05, 0) is 62.3 Å². The predicted molar refractivity (Wildman–Crippen MR) is 130 cm³/mol. The fraction of sp³-hybridized carbons (Fsp3) is 0.440. The average molecular weight is 484 g/mol. The van der Waals surface area contributed by atoms with Crippen LogP contribution in [-0.4, -0.2) is 41.2 Å². The van der Waals surface area contributed by atoms with Gasteiger partial charge in [0.05, 0.1) is 25.2 Å². The lowest BCUT2D eigenvalue weighted by Gasteiger charge is -2.14. The van der Waals surface area contributed by atoms with Gasteiger partial charge in [0.15, 0.2) is 6.10 Å². The molecule has 1 amide bonds. The van der Waals surface area contributed by atoms with E-state index in [1.54, 1.807) is 18.4 Å². The van der Waals surface area contributed by atoms with Gasteiger partial charge in [0.1, 0.15) is 10.6 Å². The van der Waals surface area contributed by atoms with Gasteiger partial charge >= 0.3 is 5.97 Å². The lowest BCUT2D eigenvalue weighted by molar-refractivity contribution is -0.155. The Morgan fingerprint density at radius 3 is 2.74 bits per heavy atom. The molecule has 4 rings (SSSR count). The van der Waals surface area contributed by atoms with Gasteiger partial charge < -0.3 is 14.8 Å². The third-order valence-electron chi connectivity index (χ3n) is 6.05. The number of fused-ring (bicyclic) bond motifs is 3. The van der Waals surface area contributed by atoms with Crippen LogP contribution in [0.5, 0.6) is 5.75 Å². The zero-order valence-corrected chi connectivity index (χ0v) is 20.3. The third kappa shape index (κ3) is 5.47. The quantitative estimate of drug-likeness (QED) is 0.470. The van der Waals surface area contributed by atoms with Crippen LogP contribution in [-0.2, 0) is 40.1 Å². The fourth-order valence-electron chi connectivity index (χ4n) is 4.13. The van der Waals surface area contributed by atoms with Crippen LogP contribution in [0.2, 0.25) is 0 Å². The number of carbonyl (C=O) groups is 2. The second-order valence-electron chi connectivity index (χ2n) is 8.41. The molecule has 9 heteroatoms. The number of rotatable bonds is 9. The molecule has 180 valence electrons. The summed E-state index contributed by atoms with van der Waals surface area (Å²) in [6, 6.07) is 7.61. The van der Waals surface area contributed by atoms with E-state index in [-0.39, 0.29) is 24.4 Å². The molecule has 2 aromatic heterocycles. The van der Waals surface area contributed by atoms with Crippen molar-refractivity contribution in [2.24, 2.45) is 0 Å². The Kier molecular flexibility index (Phi) is 7.62. The number of benzene rings is 1. The van der Waals surface area contributed by atoms with E-state index in [1.165, 1.54) is 22.7 Å². The van der Waals surface area contributed by atoms with Gasteiger partial charge in [0.2, 0.25) is 0 Å². The van der Waals surface area contributed by atoms with E-state index < -0.39 is 12.1 Å². The Morgan fingerprint density at radius 2 is 1.97 bits per heavy atom. The smallest absolute Gasteiger partial charge is 0.308 e. The number of aromatic nitrogens is 2. The molecular formula is C25H29N3O5S. The minimum Gasteiger partial charge on any atom is -0.497 e. The van der Waals surface area contributed by atoms with E-state index in [2.05, 4.69) is 10.3 Å². The second kappa shape index (κ2) is 10.8. The van der Waals surface area contributed by atoms with Crippen molar-refractivity contribution in [2.45, 2.75) is 58.1 Å². The zero-order valence-electron chi connectivity index (χ0n) is 19.5. The second-order valence-corrected chi connectivity index (χ2v) is 9.49. The number of hydrogen-bond acceptors (Lipinski definition) is 7. The van der Waals surface area contributed by atoms with Crippen molar-refractivity contribution in [1.82, 2.24) is 14.9 Å². The summed E-state index contributed by atoms with van der Waals surface area (Å²) in [5.41, 5.74) is 2.08. The highest BCUT2D eigenvalue weighted by Crippen LogP contribution is 2.33. The number of amides is 1. The van der Waals surface area contributed by atoms with Crippen molar-refractivity contribution < 1.29 is 19.1 Å². The topological polar surface area (TPSA) is 99.5 Å². The lowest BCUT2D eigenvalue weighted by Crippen LogP contribution is -2.37. The first-order valence-corrected chi connectivity index (χ1v) is 12.4. The Morgan fingerprint density at radius 1 is 1.21 bits per heavy atom. The van der Waals surface area contributed by atoms with Crippen molar-refractivity contribution in [3.05, 3.63) is 57.0 Å². The van der Waals surface area contributed by atoms with E-state index in [1.807, 2.05) is 24.3 Å². The number of ether oxygens (including phenoxy) is 2. The summed E-state index contributed by atoms with van der Waals surface area (Å²) in [5.74, 6) is -0.106. The van der Waals surface area contributed by atoms with Gasteiger partial charge in [-0.1, -0.05) is 12.1 Å². The molecule has 0 saturated heterocycles. The summed E-state index contributed by atoms with van der Waals surface area (Å²) in [7, 11) is 1.61. The maximum absolute atomic E-state index is 13.0. The summed E-state index contributed by atoms with van der Waals surface area (Å²) in [6.45, 7) is 2.13. The first-order valence-electron chi connectivity index (χ1n) is 11.6. The Balaban J connectivity index is 1.26. The molecule has 1 atom stereocenters. The number of carbonyl (C=O) groups excluding carboxylic acids is 2. The average Bonchev–Trinajstić information content (AvgIpc) is 3.23. The lowest BCUT2D eigenvalue weighted by atomic mass is 9.97. The molecule has 1 aliphatic rings. The molecule has 1 aliphatic carbocycles. The van der Waals surface area contributed by atoms with E-state index in [4.69, 9.17) is 9.47 Å². The molecule has 2 heterocycles. The summed E-state index contributed by atoms with van der Waals surface area (Å²) in [4.78, 5) is 44.0. The standard InChI is InChI=1S/C25H29N3O5S/c1-16(23(30)26-13-11-17-7-9-18(32-2)10-8-17)33-21(29)12-14-28-15-27-24-22(25(28)31)19-5-3-4-6-20(19)34-24/h7-10,15-16H,3-6,11-14H2,1-2H3,(H,26,30). The monoisotopic (exact) mass is 483 g/mol. The largest absolute Gasteiger partial charge is 0.497 e. The van der Waals surface area contributed by atoms with Crippen LogP contribution in [0.25, 0.3) is 10.2 Å². The summed E-state index contributed by atoms with van der Waals surface area (Å²) < 4.78 is 11.9. The van der Waals surface area contributed by atoms with Crippen LogP contribution in [0.15, 0.2) is 35.4 Å². The highest BCUT2D eigenvalue weighted by Gasteiger charge is 2.21. The molecule has 0 radical (unpaired) electrons. The molecular weight excluding hydrogens is 454 g/mol. The zero-order chi connectivity index (χ0) is 24.1. The minimum absolute atomic E-state index is 0.0110. The predicted octanol–water partition coefficient (Wildman–Crippen LogP) is 3.03. The van der Waals surface area contributed by atoms with E-state index >= 15 is 0 Å². The Bertz CT molecular complexity index is 1230. The van der Waals surface area contributed by atoms with Gasteiger partial charge in [0.25, 0.3) is 11.5 Å². The molecule has 0 bridgehead atoms. The molecule has 34 heavy (non-hydrogen) atoms. The van der Waals surface area contributed by atoms with Crippen LogP contribution < -0.4 is 15.6 Å². The van der Waals surface area contributed by atoms with Gasteiger partial charge in [-0.3, -0.25) is 19.0 Å². The molecule has 1 N–H and O–H groups in total. The molecule has 1 unspecified atom stereocenters. The van der Waals surface area contributed by atoms with Gasteiger partial charge in [0, 0.05) is 18.0 Å². The number of esters is 1. The van der Waals surface area contributed by atoms with Crippen LogP contribution >= 0.6 is 11.3 Å².